The molecule has 0 spiro atoms. The minimum Gasteiger partial charge on any atom is -0.465 e. The average Bonchev–Trinajstić information content (AvgIpc) is 2.42. The molecule has 4 N–H and O–H groups in total. The van der Waals surface area contributed by atoms with Gasteiger partial charge in [0.25, 0.3) is 5.91 Å². The largest absolute Gasteiger partial charge is 0.465 e. The fraction of sp³-hybridized carbons (Fsp3) is 0.714. The molecular formula is C14H25N5O5. The van der Waals surface area contributed by atoms with Gasteiger partial charge in [-0.2, -0.15) is 0 Å². The summed E-state index contributed by atoms with van der Waals surface area (Å²) in [5.74, 6) is -0.200. The van der Waals surface area contributed by atoms with E-state index in [1.54, 1.807) is 20.8 Å². The Morgan fingerprint density at radius 3 is 2.38 bits per heavy atom. The number of ether oxygens (including phenoxy) is 1. The molecule has 0 aromatic heterocycles. The van der Waals surface area contributed by atoms with E-state index in [-0.39, 0.29) is 6.54 Å². The zero-order valence-electron chi connectivity index (χ0n) is 14.6. The van der Waals surface area contributed by atoms with Crippen LogP contribution in [0.25, 0.3) is 0 Å². The fourth-order valence-electron chi connectivity index (χ4n) is 1.76. The highest BCUT2D eigenvalue weighted by Crippen LogP contribution is 2.09. The summed E-state index contributed by atoms with van der Waals surface area (Å²) in [7, 11) is 0. The van der Waals surface area contributed by atoms with Crippen molar-refractivity contribution in [2.45, 2.75) is 45.8 Å². The fourth-order valence-corrected chi connectivity index (χ4v) is 1.76. The predicted octanol–water partition coefficient (Wildman–Crippen LogP) is 0.303. The quantitative estimate of drug-likeness (QED) is 0.533. The van der Waals surface area contributed by atoms with Crippen molar-refractivity contribution in [2.24, 2.45) is 4.99 Å². The molecule has 1 aliphatic rings. The minimum absolute atomic E-state index is 0.0511. The first-order valence-electron chi connectivity index (χ1n) is 7.49. The summed E-state index contributed by atoms with van der Waals surface area (Å²) in [5.41, 5.74) is 3.08. The first-order valence-corrected chi connectivity index (χ1v) is 7.49. The maximum atomic E-state index is 12.2. The molecule has 10 nitrogen and oxygen atoms in total. The number of amides is 3. The molecule has 0 fully saturated rings. The Morgan fingerprint density at radius 1 is 1.21 bits per heavy atom. The summed E-state index contributed by atoms with van der Waals surface area (Å²) >= 11 is 0. The second kappa shape index (κ2) is 7.37. The summed E-state index contributed by atoms with van der Waals surface area (Å²) in [4.78, 5) is 40.2. The Kier molecular flexibility index (Phi) is 5.99. The summed E-state index contributed by atoms with van der Waals surface area (Å²) in [6.07, 6.45) is -1.77. The third-order valence-corrected chi connectivity index (χ3v) is 2.99. The number of hydrogen-bond acceptors (Lipinski definition) is 6. The number of carboxylic acid groups (broad SMARTS) is 1. The van der Waals surface area contributed by atoms with Crippen LogP contribution in [0.5, 0.6) is 0 Å². The number of carbonyl (C=O) groups is 3. The molecule has 0 aliphatic carbocycles. The number of hydrogen-bond donors (Lipinski definition) is 4. The molecule has 3 amide bonds. The molecule has 0 aromatic rings. The molecule has 0 unspecified atom stereocenters. The van der Waals surface area contributed by atoms with Gasteiger partial charge in [-0.3, -0.25) is 25.5 Å². The highest BCUT2D eigenvalue weighted by molar-refractivity contribution is 5.93. The van der Waals surface area contributed by atoms with Gasteiger partial charge in [-0.25, -0.2) is 9.59 Å². The van der Waals surface area contributed by atoms with Crippen LogP contribution < -0.4 is 16.2 Å². The Balaban J connectivity index is 2.52. The van der Waals surface area contributed by atoms with Crippen molar-refractivity contribution in [3.63, 3.8) is 0 Å². The average molecular weight is 343 g/mol. The Morgan fingerprint density at radius 2 is 1.83 bits per heavy atom. The molecule has 0 atom stereocenters. The molecule has 0 saturated carbocycles. The zero-order chi connectivity index (χ0) is 18.5. The highest BCUT2D eigenvalue weighted by atomic mass is 16.6. The minimum atomic E-state index is -1.24. The van der Waals surface area contributed by atoms with E-state index in [2.05, 4.69) is 21.2 Å². The number of aliphatic imine (C=N–C) groups is 1. The molecule has 136 valence electrons. The maximum absolute atomic E-state index is 12.2. The predicted molar refractivity (Wildman–Crippen MR) is 86.6 cm³/mol. The molecule has 0 bridgehead atoms. The third kappa shape index (κ3) is 6.31. The van der Waals surface area contributed by atoms with E-state index in [0.717, 1.165) is 0 Å². The van der Waals surface area contributed by atoms with Crippen LogP contribution >= 0.6 is 0 Å². The van der Waals surface area contributed by atoms with Gasteiger partial charge in [-0.15, -0.1) is 0 Å². The molecule has 0 radical (unpaired) electrons. The lowest BCUT2D eigenvalue weighted by molar-refractivity contribution is -0.127. The molecule has 1 rings (SSSR count). The molecular weight excluding hydrogens is 318 g/mol. The molecule has 0 aromatic carbocycles. The van der Waals surface area contributed by atoms with E-state index >= 15 is 0 Å². The van der Waals surface area contributed by atoms with Crippen molar-refractivity contribution in [2.75, 3.05) is 19.6 Å². The Bertz CT molecular complexity index is 538. The maximum Gasteiger partial charge on any atom is 0.408 e. The highest BCUT2D eigenvalue weighted by Gasteiger charge is 2.32. The topological polar surface area (TPSA) is 132 Å². The number of nitrogens with one attached hydrogen (secondary N) is 3. The summed E-state index contributed by atoms with van der Waals surface area (Å²) in [6.45, 7) is 8.85. The van der Waals surface area contributed by atoms with E-state index in [9.17, 15) is 14.4 Å². The molecule has 24 heavy (non-hydrogen) atoms. The second-order valence-electron chi connectivity index (χ2n) is 6.86. The van der Waals surface area contributed by atoms with Crippen LogP contribution in [0.3, 0.4) is 0 Å². The van der Waals surface area contributed by atoms with E-state index in [1.165, 1.54) is 18.7 Å². The number of alkyl carbamates (subject to hydrolysis) is 1. The van der Waals surface area contributed by atoms with Gasteiger partial charge in [0.15, 0.2) is 0 Å². The van der Waals surface area contributed by atoms with E-state index in [4.69, 9.17) is 9.84 Å². The SMILES string of the molecule is CC(C)(C)OC(=O)NC(C)(C)C(=O)NNC1=NCCN(C(=O)O)C1. The lowest BCUT2D eigenvalue weighted by Gasteiger charge is -2.29. The molecule has 1 aliphatic heterocycles. The van der Waals surface area contributed by atoms with Gasteiger partial charge in [-0.05, 0) is 34.6 Å². The van der Waals surface area contributed by atoms with Gasteiger partial charge in [0, 0.05) is 6.54 Å². The van der Waals surface area contributed by atoms with Gasteiger partial charge >= 0.3 is 12.2 Å². The second-order valence-corrected chi connectivity index (χ2v) is 6.86. The van der Waals surface area contributed by atoms with Crippen LogP contribution in [0.4, 0.5) is 9.59 Å². The Labute approximate surface area is 140 Å². The van der Waals surface area contributed by atoms with Crippen LogP contribution in [0.15, 0.2) is 4.99 Å². The van der Waals surface area contributed by atoms with Crippen LogP contribution in [0, 0.1) is 0 Å². The van der Waals surface area contributed by atoms with Gasteiger partial charge in [0.1, 0.15) is 17.0 Å². The summed E-state index contributed by atoms with van der Waals surface area (Å²) in [5, 5.41) is 11.4. The van der Waals surface area contributed by atoms with Crippen LogP contribution in [-0.4, -0.2) is 64.7 Å². The van der Waals surface area contributed by atoms with Crippen LogP contribution in [0.1, 0.15) is 34.6 Å². The zero-order valence-corrected chi connectivity index (χ0v) is 14.6. The van der Waals surface area contributed by atoms with Crippen molar-refractivity contribution in [3.8, 4) is 0 Å². The van der Waals surface area contributed by atoms with Crippen molar-refractivity contribution in [1.29, 1.82) is 0 Å². The van der Waals surface area contributed by atoms with E-state index < -0.39 is 29.2 Å². The van der Waals surface area contributed by atoms with Crippen LogP contribution in [0.2, 0.25) is 0 Å². The van der Waals surface area contributed by atoms with Crippen molar-refractivity contribution in [1.82, 2.24) is 21.1 Å². The lowest BCUT2D eigenvalue weighted by Crippen LogP contribution is -2.60. The van der Waals surface area contributed by atoms with E-state index in [1.807, 2.05) is 0 Å². The third-order valence-electron chi connectivity index (χ3n) is 2.99. The van der Waals surface area contributed by atoms with Crippen LogP contribution in [-0.2, 0) is 9.53 Å². The van der Waals surface area contributed by atoms with Gasteiger partial charge in [-0.1, -0.05) is 0 Å². The monoisotopic (exact) mass is 343 g/mol. The number of carbonyl (C=O) groups excluding carboxylic acids is 2. The molecule has 10 heteroatoms. The van der Waals surface area contributed by atoms with Gasteiger partial charge in [0.05, 0.1) is 13.1 Å². The van der Waals surface area contributed by atoms with Crippen molar-refractivity contribution >= 4 is 23.9 Å². The number of amidine groups is 1. The number of hydrazine groups is 1. The smallest absolute Gasteiger partial charge is 0.408 e. The summed E-state index contributed by atoms with van der Waals surface area (Å²) < 4.78 is 5.11. The number of rotatable bonds is 2. The normalized spacial score (nSPS) is 15.2. The lowest BCUT2D eigenvalue weighted by atomic mass is 10.1. The standard InChI is InChI=1S/C14H25N5O5/c1-13(2,3)24-11(21)16-14(4,5)10(20)18-17-9-8-19(12(22)23)7-6-15-9/h6-8H2,1-5H3,(H,15,17)(H,16,21)(H,18,20)(H,22,23). The molecule has 1 heterocycles. The first-order chi connectivity index (χ1) is 10.9. The first kappa shape index (κ1) is 19.5. The van der Waals surface area contributed by atoms with Crippen molar-refractivity contribution in [3.05, 3.63) is 0 Å². The van der Waals surface area contributed by atoms with Gasteiger partial charge in [0.2, 0.25) is 0 Å². The number of nitrogens with zero attached hydrogens (tertiary/aromatic N) is 2. The van der Waals surface area contributed by atoms with E-state index in [0.29, 0.717) is 18.9 Å². The molecule has 0 saturated heterocycles. The Hall–Kier alpha value is -2.52. The van der Waals surface area contributed by atoms with Crippen molar-refractivity contribution < 1.29 is 24.2 Å². The van der Waals surface area contributed by atoms with Gasteiger partial charge < -0.3 is 15.2 Å². The summed E-state index contributed by atoms with van der Waals surface area (Å²) in [6, 6.07) is 0.